The molecule has 0 unspecified atom stereocenters. The number of carbonyl (C=O) groups excluding carboxylic acids is 1. The Kier molecular flexibility index (Phi) is 2.64. The minimum atomic E-state index is -1.48. The summed E-state index contributed by atoms with van der Waals surface area (Å²) < 4.78 is 40.0. The Morgan fingerprint density at radius 2 is 1.72 bits per heavy atom. The van der Waals surface area contributed by atoms with Crippen LogP contribution in [0.25, 0.3) is 5.57 Å². The first-order chi connectivity index (χ1) is 8.51. The summed E-state index contributed by atoms with van der Waals surface area (Å²) in [6.45, 7) is 0. The van der Waals surface area contributed by atoms with Crippen molar-refractivity contribution in [1.29, 1.82) is 10.5 Å². The molecule has 1 aliphatic carbocycles. The van der Waals surface area contributed by atoms with Gasteiger partial charge in [-0.05, 0) is 5.57 Å². The summed E-state index contributed by atoms with van der Waals surface area (Å²) in [5.74, 6) is -4.94. The number of rotatable bonds is 0. The van der Waals surface area contributed by atoms with E-state index in [1.807, 2.05) is 0 Å². The number of nitrogens with zero attached hydrogens (tertiary/aromatic N) is 2. The highest BCUT2D eigenvalue weighted by molar-refractivity contribution is 6.13. The van der Waals surface area contributed by atoms with Crippen LogP contribution in [-0.4, -0.2) is 5.78 Å². The Balaban J connectivity index is 2.89. The van der Waals surface area contributed by atoms with E-state index in [2.05, 4.69) is 0 Å². The van der Waals surface area contributed by atoms with Crippen molar-refractivity contribution in [1.82, 2.24) is 0 Å². The minimum Gasteiger partial charge on any atom is -0.294 e. The Morgan fingerprint density at radius 1 is 1.11 bits per heavy atom. The largest absolute Gasteiger partial charge is 0.294 e. The van der Waals surface area contributed by atoms with E-state index in [4.69, 9.17) is 10.5 Å². The van der Waals surface area contributed by atoms with Gasteiger partial charge >= 0.3 is 0 Å². The van der Waals surface area contributed by atoms with Crippen LogP contribution < -0.4 is 0 Å². The van der Waals surface area contributed by atoms with E-state index in [9.17, 15) is 18.0 Å². The molecule has 3 nitrogen and oxygen atoms in total. The molecule has 0 N–H and O–H groups in total. The zero-order valence-corrected chi connectivity index (χ0v) is 8.72. The van der Waals surface area contributed by atoms with E-state index in [-0.39, 0.29) is 5.57 Å². The molecule has 18 heavy (non-hydrogen) atoms. The Hall–Kier alpha value is -2.60. The molecule has 88 valence electrons. The fourth-order valence-corrected chi connectivity index (χ4v) is 1.86. The van der Waals surface area contributed by atoms with Crippen molar-refractivity contribution in [2.24, 2.45) is 0 Å². The van der Waals surface area contributed by atoms with Crippen LogP contribution in [0, 0.1) is 40.1 Å². The predicted octanol–water partition coefficient (Wildman–Crippen LogP) is 2.49. The number of nitriles is 2. The molecule has 1 aromatic carbocycles. The predicted molar refractivity (Wildman–Crippen MR) is 53.4 cm³/mol. The number of ketones is 1. The third-order valence-electron chi connectivity index (χ3n) is 2.61. The molecule has 0 atom stereocenters. The van der Waals surface area contributed by atoms with Crippen LogP contribution >= 0.6 is 0 Å². The van der Waals surface area contributed by atoms with E-state index in [0.717, 1.165) is 0 Å². The summed E-state index contributed by atoms with van der Waals surface area (Å²) in [4.78, 5) is 11.5. The maximum atomic E-state index is 13.6. The van der Waals surface area contributed by atoms with Crippen LogP contribution in [-0.2, 0) is 0 Å². The van der Waals surface area contributed by atoms with E-state index in [1.54, 1.807) is 0 Å². The summed E-state index contributed by atoms with van der Waals surface area (Å²) in [6.07, 6.45) is -0.483. The van der Waals surface area contributed by atoms with Crippen LogP contribution in [0.2, 0.25) is 0 Å². The fraction of sp³-hybridized carbons (Fsp3) is 0.0833. The van der Waals surface area contributed by atoms with Crippen molar-refractivity contribution >= 4 is 11.4 Å². The topological polar surface area (TPSA) is 64.7 Å². The maximum Gasteiger partial charge on any atom is 0.171 e. The summed E-state index contributed by atoms with van der Waals surface area (Å²) in [5, 5.41) is 17.4. The molecular weight excluding hydrogens is 245 g/mol. The second kappa shape index (κ2) is 4.01. The average molecular weight is 248 g/mol. The highest BCUT2D eigenvalue weighted by Crippen LogP contribution is 2.38. The van der Waals surface area contributed by atoms with Gasteiger partial charge in [-0.2, -0.15) is 10.5 Å². The number of allylic oxidation sites excluding steroid dienone is 2. The summed E-state index contributed by atoms with van der Waals surface area (Å²) in [6, 6.07) is 3.29. The monoisotopic (exact) mass is 248 g/mol. The van der Waals surface area contributed by atoms with Crippen molar-refractivity contribution in [3.8, 4) is 12.1 Å². The van der Waals surface area contributed by atoms with Gasteiger partial charge in [0.25, 0.3) is 0 Å². The second-order valence-corrected chi connectivity index (χ2v) is 3.58. The van der Waals surface area contributed by atoms with Crippen molar-refractivity contribution in [2.45, 2.75) is 6.42 Å². The van der Waals surface area contributed by atoms with E-state index in [0.29, 0.717) is 6.07 Å². The smallest absolute Gasteiger partial charge is 0.171 e. The normalized spacial score (nSPS) is 12.9. The van der Waals surface area contributed by atoms with Crippen molar-refractivity contribution in [3.05, 3.63) is 40.2 Å². The molecule has 0 fully saturated rings. The molecule has 0 saturated heterocycles. The molecule has 1 aromatic rings. The summed E-state index contributed by atoms with van der Waals surface area (Å²) >= 11 is 0. The quantitative estimate of drug-likeness (QED) is 0.523. The third kappa shape index (κ3) is 1.47. The lowest BCUT2D eigenvalue weighted by Crippen LogP contribution is -2.01. The third-order valence-corrected chi connectivity index (χ3v) is 2.61. The van der Waals surface area contributed by atoms with Crippen LogP contribution in [0.3, 0.4) is 0 Å². The second-order valence-electron chi connectivity index (χ2n) is 3.58. The number of carbonyl (C=O) groups is 1. The van der Waals surface area contributed by atoms with Gasteiger partial charge in [0, 0.05) is 18.1 Å². The van der Waals surface area contributed by atoms with Gasteiger partial charge in [-0.3, -0.25) is 4.79 Å². The van der Waals surface area contributed by atoms with Crippen LogP contribution in [0.4, 0.5) is 13.2 Å². The van der Waals surface area contributed by atoms with Gasteiger partial charge in [0.05, 0.1) is 5.56 Å². The number of fused-ring (bicyclic) bond motifs is 1. The molecule has 0 saturated carbocycles. The summed E-state index contributed by atoms with van der Waals surface area (Å²) in [5.41, 5.74) is -1.90. The highest BCUT2D eigenvalue weighted by Gasteiger charge is 2.34. The molecule has 0 spiro atoms. The summed E-state index contributed by atoms with van der Waals surface area (Å²) in [7, 11) is 0. The minimum absolute atomic E-state index is 0.198. The van der Waals surface area contributed by atoms with E-state index in [1.165, 1.54) is 12.1 Å². The molecule has 0 amide bonds. The highest BCUT2D eigenvalue weighted by atomic mass is 19.2. The zero-order valence-electron chi connectivity index (χ0n) is 8.72. The van der Waals surface area contributed by atoms with Crippen molar-refractivity contribution < 1.29 is 18.0 Å². The molecule has 1 aliphatic rings. The first-order valence-electron chi connectivity index (χ1n) is 4.75. The fourth-order valence-electron chi connectivity index (χ4n) is 1.86. The average Bonchev–Trinajstić information content (AvgIpc) is 2.66. The first kappa shape index (κ1) is 11.9. The molecule has 0 radical (unpaired) electrons. The number of hydrogen-bond acceptors (Lipinski definition) is 3. The van der Waals surface area contributed by atoms with Gasteiger partial charge in [-0.1, -0.05) is 0 Å². The van der Waals surface area contributed by atoms with Gasteiger partial charge in [0.2, 0.25) is 0 Å². The number of halogens is 3. The molecule has 0 heterocycles. The Morgan fingerprint density at radius 3 is 2.28 bits per heavy atom. The van der Waals surface area contributed by atoms with Gasteiger partial charge < -0.3 is 0 Å². The molecule has 2 rings (SSSR count). The number of benzene rings is 1. The SMILES string of the molecule is N#CC(C#N)=C1CC(=O)c2c(F)c(F)cc(F)c21. The lowest BCUT2D eigenvalue weighted by Gasteiger charge is -2.03. The van der Waals surface area contributed by atoms with Gasteiger partial charge in [0.15, 0.2) is 17.4 Å². The molecule has 0 aromatic heterocycles. The van der Waals surface area contributed by atoms with Crippen LogP contribution in [0.15, 0.2) is 11.6 Å². The standard InChI is InChI=1S/C12H3F3N2O/c13-7-2-8(14)12(15)11-9(18)1-6(10(7)11)5(3-16)4-17/h2H,1H2. The van der Waals surface area contributed by atoms with Crippen molar-refractivity contribution in [2.75, 3.05) is 0 Å². The number of hydrogen-bond donors (Lipinski definition) is 0. The lowest BCUT2D eigenvalue weighted by molar-refractivity contribution is 0.0999. The van der Waals surface area contributed by atoms with Crippen molar-refractivity contribution in [3.63, 3.8) is 0 Å². The van der Waals surface area contributed by atoms with Gasteiger partial charge in [-0.15, -0.1) is 0 Å². The van der Waals surface area contributed by atoms with Crippen LogP contribution in [0.1, 0.15) is 22.3 Å². The molecular formula is C12H3F3N2O. The van der Waals surface area contributed by atoms with E-state index >= 15 is 0 Å². The Bertz CT molecular complexity index is 677. The van der Waals surface area contributed by atoms with Crippen LogP contribution in [0.5, 0.6) is 0 Å². The maximum absolute atomic E-state index is 13.6. The Labute approximate surface area is 99.4 Å². The van der Waals surface area contributed by atoms with Gasteiger partial charge in [0.1, 0.15) is 23.5 Å². The lowest BCUT2D eigenvalue weighted by atomic mass is 10.0. The van der Waals surface area contributed by atoms with E-state index < -0.39 is 46.4 Å². The van der Waals surface area contributed by atoms with Gasteiger partial charge in [-0.25, -0.2) is 13.2 Å². The zero-order chi connectivity index (χ0) is 13.4. The molecule has 0 aliphatic heterocycles. The first-order valence-corrected chi connectivity index (χ1v) is 4.75. The number of Topliss-reactive ketones (excluding diaryl/α,β-unsaturated/α-hetero) is 1. The molecule has 0 bridgehead atoms. The molecule has 6 heteroatoms.